The second kappa shape index (κ2) is 5.58. The van der Waals surface area contributed by atoms with E-state index < -0.39 is 18.1 Å². The third-order valence-electron chi connectivity index (χ3n) is 2.30. The molecule has 16 heavy (non-hydrogen) atoms. The quantitative estimate of drug-likeness (QED) is 0.719. The van der Waals surface area contributed by atoms with Crippen LogP contribution in [-0.4, -0.2) is 28.7 Å². The minimum atomic E-state index is -1.09. The summed E-state index contributed by atoms with van der Waals surface area (Å²) >= 11 is 0. The van der Waals surface area contributed by atoms with Gasteiger partial charge in [-0.05, 0) is 25.5 Å². The first-order valence-corrected chi connectivity index (χ1v) is 5.08. The fraction of sp³-hybridized carbons (Fsp3) is 0.455. The molecule has 0 spiro atoms. The van der Waals surface area contributed by atoms with E-state index in [4.69, 9.17) is 10.5 Å². The Morgan fingerprint density at radius 2 is 2.38 bits per heavy atom. The number of pyridine rings is 1. The van der Waals surface area contributed by atoms with Gasteiger partial charge in [-0.3, -0.25) is 9.78 Å². The van der Waals surface area contributed by atoms with E-state index in [9.17, 15) is 9.90 Å². The van der Waals surface area contributed by atoms with E-state index in [1.807, 2.05) is 6.92 Å². The summed E-state index contributed by atoms with van der Waals surface area (Å²) < 4.78 is 4.74. The van der Waals surface area contributed by atoms with Crippen LogP contribution < -0.4 is 5.73 Å². The van der Waals surface area contributed by atoms with Crippen molar-refractivity contribution in [2.24, 2.45) is 5.73 Å². The molecular formula is C11H16N2O3. The monoisotopic (exact) mass is 224 g/mol. The fourth-order valence-corrected chi connectivity index (χ4v) is 1.35. The molecule has 0 fully saturated rings. The van der Waals surface area contributed by atoms with Crippen LogP contribution in [0.25, 0.3) is 0 Å². The molecule has 1 aromatic heterocycles. The number of aliphatic hydroxyl groups is 1. The topological polar surface area (TPSA) is 85.4 Å². The first-order valence-electron chi connectivity index (χ1n) is 5.08. The zero-order valence-corrected chi connectivity index (χ0v) is 9.38. The zero-order chi connectivity index (χ0) is 12.1. The Labute approximate surface area is 94.2 Å². The van der Waals surface area contributed by atoms with Gasteiger partial charge in [-0.15, -0.1) is 0 Å². The summed E-state index contributed by atoms with van der Waals surface area (Å²) in [4.78, 5) is 15.2. The molecule has 5 heteroatoms. The highest BCUT2D eigenvalue weighted by molar-refractivity contribution is 5.76. The molecule has 0 saturated heterocycles. The standard InChI is InChI=1S/C11H16N2O3/c1-3-16-11(15)9(12)10(14)8-6-13-5-4-7(8)2/h4-6,9-10,14H,3,12H2,1-2H3. The number of aryl methyl sites for hydroxylation is 1. The Morgan fingerprint density at radius 1 is 1.69 bits per heavy atom. The molecule has 0 bridgehead atoms. The van der Waals surface area contributed by atoms with Crippen LogP contribution >= 0.6 is 0 Å². The van der Waals surface area contributed by atoms with Crippen molar-refractivity contribution in [1.29, 1.82) is 0 Å². The maximum atomic E-state index is 11.3. The summed E-state index contributed by atoms with van der Waals surface area (Å²) in [5.74, 6) is -0.613. The van der Waals surface area contributed by atoms with Gasteiger partial charge < -0.3 is 15.6 Å². The summed E-state index contributed by atoms with van der Waals surface area (Å²) in [5, 5.41) is 9.90. The van der Waals surface area contributed by atoms with Crippen molar-refractivity contribution in [1.82, 2.24) is 4.98 Å². The SMILES string of the molecule is CCOC(=O)C(N)C(O)c1cnccc1C. The smallest absolute Gasteiger partial charge is 0.325 e. The molecule has 1 rings (SSSR count). The van der Waals surface area contributed by atoms with Gasteiger partial charge in [0.2, 0.25) is 0 Å². The van der Waals surface area contributed by atoms with E-state index in [1.165, 1.54) is 6.20 Å². The average Bonchev–Trinajstić information content (AvgIpc) is 2.28. The first kappa shape index (κ1) is 12.6. The van der Waals surface area contributed by atoms with Crippen LogP contribution in [0.1, 0.15) is 24.2 Å². The van der Waals surface area contributed by atoms with Gasteiger partial charge in [0.15, 0.2) is 0 Å². The molecule has 1 heterocycles. The van der Waals surface area contributed by atoms with E-state index in [1.54, 1.807) is 19.2 Å². The highest BCUT2D eigenvalue weighted by Crippen LogP contribution is 2.19. The lowest BCUT2D eigenvalue weighted by Gasteiger charge is -2.18. The Bertz CT molecular complexity index is 368. The molecule has 0 aliphatic rings. The number of esters is 1. The van der Waals surface area contributed by atoms with Crippen molar-refractivity contribution < 1.29 is 14.6 Å². The number of aliphatic hydroxyl groups excluding tert-OH is 1. The van der Waals surface area contributed by atoms with E-state index in [0.717, 1.165) is 5.56 Å². The van der Waals surface area contributed by atoms with Crippen molar-refractivity contribution in [3.8, 4) is 0 Å². The van der Waals surface area contributed by atoms with Crippen molar-refractivity contribution in [3.05, 3.63) is 29.6 Å². The van der Waals surface area contributed by atoms with Gasteiger partial charge in [0, 0.05) is 18.0 Å². The first-order chi connectivity index (χ1) is 7.57. The van der Waals surface area contributed by atoms with Crippen molar-refractivity contribution >= 4 is 5.97 Å². The second-order valence-electron chi connectivity index (χ2n) is 3.45. The van der Waals surface area contributed by atoms with Gasteiger partial charge in [-0.1, -0.05) is 0 Å². The molecule has 2 unspecified atom stereocenters. The molecule has 2 atom stereocenters. The van der Waals surface area contributed by atoms with Crippen LogP contribution in [0.4, 0.5) is 0 Å². The molecule has 0 aliphatic heterocycles. The second-order valence-corrected chi connectivity index (χ2v) is 3.45. The minimum Gasteiger partial charge on any atom is -0.465 e. The van der Waals surface area contributed by atoms with Gasteiger partial charge in [0.05, 0.1) is 6.61 Å². The van der Waals surface area contributed by atoms with Gasteiger partial charge in [-0.25, -0.2) is 0 Å². The van der Waals surface area contributed by atoms with E-state index in [2.05, 4.69) is 4.98 Å². The van der Waals surface area contributed by atoms with E-state index in [0.29, 0.717) is 5.56 Å². The van der Waals surface area contributed by atoms with Gasteiger partial charge in [0.1, 0.15) is 12.1 Å². The number of rotatable bonds is 4. The Morgan fingerprint density at radius 3 is 2.94 bits per heavy atom. The fourth-order valence-electron chi connectivity index (χ4n) is 1.35. The number of nitrogens with zero attached hydrogens (tertiary/aromatic N) is 1. The lowest BCUT2D eigenvalue weighted by molar-refractivity contribution is -0.147. The molecule has 0 aromatic carbocycles. The third kappa shape index (κ3) is 2.77. The summed E-state index contributed by atoms with van der Waals surface area (Å²) in [5.41, 5.74) is 6.98. The Balaban J connectivity index is 2.82. The number of carbonyl (C=O) groups excluding carboxylic acids is 1. The van der Waals surface area contributed by atoms with E-state index in [-0.39, 0.29) is 6.61 Å². The van der Waals surface area contributed by atoms with Crippen LogP contribution in [0, 0.1) is 6.92 Å². The van der Waals surface area contributed by atoms with E-state index >= 15 is 0 Å². The maximum Gasteiger partial charge on any atom is 0.325 e. The molecule has 5 nitrogen and oxygen atoms in total. The minimum absolute atomic E-state index is 0.241. The van der Waals surface area contributed by atoms with Gasteiger partial charge >= 0.3 is 5.97 Å². The molecule has 3 N–H and O–H groups in total. The maximum absolute atomic E-state index is 11.3. The number of hydrogen-bond donors (Lipinski definition) is 2. The Kier molecular flexibility index (Phi) is 4.39. The number of hydrogen-bond acceptors (Lipinski definition) is 5. The molecule has 0 amide bonds. The Hall–Kier alpha value is -1.46. The predicted octanol–water partition coefficient (Wildman–Crippen LogP) is 0.314. The van der Waals surface area contributed by atoms with Crippen LogP contribution in [0.5, 0.6) is 0 Å². The lowest BCUT2D eigenvalue weighted by Crippen LogP contribution is -2.38. The highest BCUT2D eigenvalue weighted by Gasteiger charge is 2.26. The highest BCUT2D eigenvalue weighted by atomic mass is 16.5. The number of ether oxygens (including phenoxy) is 1. The number of aromatic nitrogens is 1. The molecule has 0 aliphatic carbocycles. The molecule has 88 valence electrons. The molecule has 0 radical (unpaired) electrons. The van der Waals surface area contributed by atoms with Crippen molar-refractivity contribution in [2.45, 2.75) is 26.0 Å². The van der Waals surface area contributed by atoms with Crippen molar-refractivity contribution in [2.75, 3.05) is 6.61 Å². The summed E-state index contributed by atoms with van der Waals surface area (Å²) in [6, 6.07) is 0.666. The zero-order valence-electron chi connectivity index (χ0n) is 9.38. The summed E-state index contributed by atoms with van der Waals surface area (Å²) in [6.07, 6.45) is 2.02. The predicted molar refractivity (Wildman–Crippen MR) is 58.5 cm³/mol. The van der Waals surface area contributed by atoms with Crippen LogP contribution in [0.15, 0.2) is 18.5 Å². The largest absolute Gasteiger partial charge is 0.465 e. The summed E-state index contributed by atoms with van der Waals surface area (Å²) in [6.45, 7) is 3.75. The molecule has 1 aromatic rings. The van der Waals surface area contributed by atoms with Crippen molar-refractivity contribution in [3.63, 3.8) is 0 Å². The number of nitrogens with two attached hydrogens (primary N) is 1. The lowest BCUT2D eigenvalue weighted by atomic mass is 10.0. The normalized spacial score (nSPS) is 14.2. The molecular weight excluding hydrogens is 208 g/mol. The summed E-state index contributed by atoms with van der Waals surface area (Å²) in [7, 11) is 0. The molecule has 0 saturated carbocycles. The van der Waals surface area contributed by atoms with Gasteiger partial charge in [-0.2, -0.15) is 0 Å². The van der Waals surface area contributed by atoms with Crippen LogP contribution in [0.3, 0.4) is 0 Å². The average molecular weight is 224 g/mol. The van der Waals surface area contributed by atoms with Crippen LogP contribution in [-0.2, 0) is 9.53 Å². The van der Waals surface area contributed by atoms with Crippen LogP contribution in [0.2, 0.25) is 0 Å². The van der Waals surface area contributed by atoms with Gasteiger partial charge in [0.25, 0.3) is 0 Å². The third-order valence-corrected chi connectivity index (χ3v) is 2.30. The number of carbonyl (C=O) groups is 1.